The zero-order chi connectivity index (χ0) is 19.8. The molecule has 4 aliphatic rings. The monoisotopic (exact) mass is 401 g/mol. The lowest BCUT2D eigenvalue weighted by molar-refractivity contribution is -0.259. The van der Waals surface area contributed by atoms with E-state index in [0.717, 1.165) is 63.5 Å². The third-order valence-corrected chi connectivity index (χ3v) is 6.17. The van der Waals surface area contributed by atoms with Gasteiger partial charge in [0, 0.05) is 45.7 Å². The molecule has 0 spiro atoms. The van der Waals surface area contributed by atoms with E-state index in [9.17, 15) is 9.59 Å². The number of carbonyl (C=O) groups is 2. The fourth-order valence-electron chi connectivity index (χ4n) is 4.71. The number of rotatable bonds is 3. The van der Waals surface area contributed by atoms with Gasteiger partial charge in [0.25, 0.3) is 11.8 Å². The van der Waals surface area contributed by atoms with Crippen LogP contribution in [-0.2, 0) is 9.68 Å². The molecule has 9 heteroatoms. The van der Waals surface area contributed by atoms with E-state index >= 15 is 0 Å². The van der Waals surface area contributed by atoms with E-state index in [1.54, 1.807) is 0 Å². The standard InChI is InChI=1S/C20H27N5O4/c26-19-14-4-5-15(23-11-7-21-8-12-23)18(24-9-2-1-3-10-24)17(14)20(27)25(19)16-6-13-28-22-29-16/h4-5,16,21-22H,1-3,6-13H2. The Kier molecular flexibility index (Phi) is 5.13. The Balaban J connectivity index is 1.58. The molecule has 9 nitrogen and oxygen atoms in total. The summed E-state index contributed by atoms with van der Waals surface area (Å²) in [6.07, 6.45) is 3.19. The van der Waals surface area contributed by atoms with Gasteiger partial charge in [-0.2, -0.15) is 0 Å². The van der Waals surface area contributed by atoms with Gasteiger partial charge in [0.05, 0.1) is 29.1 Å². The SMILES string of the molecule is O=C1c2ccc(N3CCNCC3)c(N3CCCCC3)c2C(=O)N1C1CCONO1. The number of hydrogen-bond acceptors (Lipinski definition) is 8. The molecular formula is C20H27N5O4. The molecule has 1 aromatic rings. The second kappa shape index (κ2) is 7.91. The Morgan fingerprint density at radius 3 is 2.45 bits per heavy atom. The van der Waals surface area contributed by atoms with Crippen molar-refractivity contribution in [2.24, 2.45) is 0 Å². The summed E-state index contributed by atoms with van der Waals surface area (Å²) in [5.41, 5.74) is 5.33. The maximum absolute atomic E-state index is 13.5. The van der Waals surface area contributed by atoms with Gasteiger partial charge in [-0.05, 0) is 31.4 Å². The molecule has 5 rings (SSSR count). The van der Waals surface area contributed by atoms with E-state index in [1.807, 2.05) is 12.1 Å². The van der Waals surface area contributed by atoms with Crippen molar-refractivity contribution < 1.29 is 19.3 Å². The van der Waals surface area contributed by atoms with Crippen LogP contribution in [0, 0.1) is 0 Å². The van der Waals surface area contributed by atoms with Crippen LogP contribution in [0.4, 0.5) is 11.4 Å². The van der Waals surface area contributed by atoms with Crippen LogP contribution in [0.15, 0.2) is 12.1 Å². The highest BCUT2D eigenvalue weighted by Crippen LogP contribution is 2.41. The molecule has 1 unspecified atom stereocenters. The summed E-state index contributed by atoms with van der Waals surface area (Å²) in [6.45, 7) is 5.80. The minimum atomic E-state index is -0.659. The Labute approximate surface area is 169 Å². The Hall–Kier alpha value is -2.20. The lowest BCUT2D eigenvalue weighted by Gasteiger charge is -2.37. The van der Waals surface area contributed by atoms with Gasteiger partial charge in [0.1, 0.15) is 0 Å². The summed E-state index contributed by atoms with van der Waals surface area (Å²) in [5, 5.41) is 3.38. The van der Waals surface area contributed by atoms with Gasteiger partial charge in [-0.15, -0.1) is 0 Å². The van der Waals surface area contributed by atoms with Gasteiger partial charge in [0.2, 0.25) is 0 Å². The fourth-order valence-corrected chi connectivity index (χ4v) is 4.71. The predicted octanol–water partition coefficient (Wildman–Crippen LogP) is 0.865. The average molecular weight is 401 g/mol. The zero-order valence-corrected chi connectivity index (χ0v) is 16.5. The van der Waals surface area contributed by atoms with Crippen molar-refractivity contribution >= 4 is 23.2 Å². The van der Waals surface area contributed by atoms with E-state index in [4.69, 9.17) is 9.68 Å². The summed E-state index contributed by atoms with van der Waals surface area (Å²) < 4.78 is 0. The minimum absolute atomic E-state index is 0.267. The number of fused-ring (bicyclic) bond motifs is 1. The molecule has 0 aliphatic carbocycles. The maximum atomic E-state index is 13.5. The smallest absolute Gasteiger partial charge is 0.265 e. The third kappa shape index (κ3) is 3.28. The Bertz CT molecular complexity index is 798. The maximum Gasteiger partial charge on any atom is 0.265 e. The topological polar surface area (TPSA) is 86.4 Å². The van der Waals surface area contributed by atoms with Gasteiger partial charge >= 0.3 is 0 Å². The van der Waals surface area contributed by atoms with Crippen molar-refractivity contribution in [2.45, 2.75) is 31.9 Å². The van der Waals surface area contributed by atoms with Gasteiger partial charge in [0.15, 0.2) is 6.23 Å². The van der Waals surface area contributed by atoms with Crippen LogP contribution in [0.2, 0.25) is 0 Å². The molecule has 0 radical (unpaired) electrons. The zero-order valence-electron chi connectivity index (χ0n) is 16.5. The molecule has 0 aromatic heterocycles. The third-order valence-electron chi connectivity index (χ3n) is 6.17. The van der Waals surface area contributed by atoms with Crippen molar-refractivity contribution in [2.75, 3.05) is 55.7 Å². The van der Waals surface area contributed by atoms with Crippen molar-refractivity contribution in [3.05, 3.63) is 23.3 Å². The first-order valence-electron chi connectivity index (χ1n) is 10.5. The Morgan fingerprint density at radius 1 is 0.931 bits per heavy atom. The normalized spacial score (nSPS) is 25.5. The molecule has 29 heavy (non-hydrogen) atoms. The first kappa shape index (κ1) is 18.8. The van der Waals surface area contributed by atoms with Gasteiger partial charge < -0.3 is 15.1 Å². The van der Waals surface area contributed by atoms with Crippen LogP contribution in [0.3, 0.4) is 0 Å². The summed E-state index contributed by atoms with van der Waals surface area (Å²) in [4.78, 5) is 42.9. The number of hydrogen-bond donors (Lipinski definition) is 2. The summed E-state index contributed by atoms with van der Waals surface area (Å²) in [6, 6.07) is 3.83. The van der Waals surface area contributed by atoms with Crippen molar-refractivity contribution in [3.63, 3.8) is 0 Å². The van der Waals surface area contributed by atoms with Gasteiger partial charge in [-0.25, -0.2) is 4.90 Å². The van der Waals surface area contributed by atoms with Crippen LogP contribution >= 0.6 is 0 Å². The number of benzene rings is 1. The van der Waals surface area contributed by atoms with Gasteiger partial charge in [-0.1, -0.05) is 5.64 Å². The molecule has 3 fully saturated rings. The number of carbonyl (C=O) groups excluding carboxylic acids is 2. The van der Waals surface area contributed by atoms with E-state index in [-0.39, 0.29) is 11.8 Å². The average Bonchev–Trinajstić information content (AvgIpc) is 3.05. The van der Waals surface area contributed by atoms with E-state index in [2.05, 4.69) is 20.8 Å². The second-order valence-corrected chi connectivity index (χ2v) is 7.91. The molecule has 1 aromatic carbocycles. The molecule has 0 bridgehead atoms. The first-order chi connectivity index (χ1) is 14.3. The molecule has 4 aliphatic heterocycles. The number of imide groups is 1. The van der Waals surface area contributed by atoms with Crippen molar-refractivity contribution in [1.82, 2.24) is 15.9 Å². The van der Waals surface area contributed by atoms with Crippen LogP contribution in [-0.4, -0.2) is 68.8 Å². The molecule has 3 saturated heterocycles. The quantitative estimate of drug-likeness (QED) is 0.722. The van der Waals surface area contributed by atoms with Crippen LogP contribution in [0.1, 0.15) is 46.4 Å². The first-order valence-corrected chi connectivity index (χ1v) is 10.5. The second-order valence-electron chi connectivity index (χ2n) is 7.91. The molecule has 2 amide bonds. The van der Waals surface area contributed by atoms with Crippen LogP contribution < -0.4 is 20.8 Å². The van der Waals surface area contributed by atoms with Crippen LogP contribution in [0.25, 0.3) is 0 Å². The highest BCUT2D eigenvalue weighted by molar-refractivity contribution is 6.25. The van der Waals surface area contributed by atoms with E-state index < -0.39 is 6.23 Å². The molecule has 2 N–H and O–H groups in total. The predicted molar refractivity (Wildman–Crippen MR) is 107 cm³/mol. The highest BCUT2D eigenvalue weighted by atomic mass is 16.9. The highest BCUT2D eigenvalue weighted by Gasteiger charge is 2.45. The van der Waals surface area contributed by atoms with E-state index in [1.165, 1.54) is 11.3 Å². The number of amides is 2. The van der Waals surface area contributed by atoms with Crippen LogP contribution in [0.5, 0.6) is 0 Å². The van der Waals surface area contributed by atoms with Gasteiger partial charge in [-0.3, -0.25) is 19.3 Å². The summed E-state index contributed by atoms with van der Waals surface area (Å²) in [7, 11) is 0. The summed E-state index contributed by atoms with van der Waals surface area (Å²) >= 11 is 0. The van der Waals surface area contributed by atoms with E-state index in [0.29, 0.717) is 24.2 Å². The number of piperidine rings is 1. The lowest BCUT2D eigenvalue weighted by Crippen LogP contribution is -2.47. The molecule has 4 heterocycles. The molecule has 1 atom stereocenters. The van der Waals surface area contributed by atoms with Crippen molar-refractivity contribution in [3.8, 4) is 0 Å². The largest absolute Gasteiger partial charge is 0.369 e. The number of anilines is 2. The number of piperazine rings is 1. The van der Waals surface area contributed by atoms with Crippen molar-refractivity contribution in [1.29, 1.82) is 0 Å². The fraction of sp³-hybridized carbons (Fsp3) is 0.600. The Morgan fingerprint density at radius 2 is 1.72 bits per heavy atom. The minimum Gasteiger partial charge on any atom is -0.369 e. The molecule has 0 saturated carbocycles. The molecular weight excluding hydrogens is 374 g/mol. The summed E-state index contributed by atoms with van der Waals surface area (Å²) in [5.74, 6) is -0.555. The number of nitrogens with one attached hydrogen (secondary N) is 2. The number of nitrogens with zero attached hydrogens (tertiary/aromatic N) is 3. The molecule has 156 valence electrons. The lowest BCUT2D eigenvalue weighted by atomic mass is 10.0.